The lowest BCUT2D eigenvalue weighted by atomic mass is 10.1. The third-order valence-corrected chi connectivity index (χ3v) is 6.21. The lowest BCUT2D eigenvalue weighted by Crippen LogP contribution is -2.48. The molecule has 4 rings (SSSR count). The van der Waals surface area contributed by atoms with Gasteiger partial charge < -0.3 is 14.7 Å². The van der Waals surface area contributed by atoms with Gasteiger partial charge in [0.05, 0.1) is 9.72 Å². The van der Waals surface area contributed by atoms with Crippen molar-refractivity contribution in [2.75, 3.05) is 50.1 Å². The minimum atomic E-state index is 0.0901. The number of amides is 1. The van der Waals surface area contributed by atoms with E-state index >= 15 is 0 Å². The van der Waals surface area contributed by atoms with Crippen LogP contribution in [0.3, 0.4) is 0 Å². The topological polar surface area (TPSA) is 39.7 Å². The zero-order chi connectivity index (χ0) is 19.0. The summed E-state index contributed by atoms with van der Waals surface area (Å²) in [5, 5.41) is 1.66. The first-order valence-electron chi connectivity index (χ1n) is 8.89. The molecule has 140 valence electrons. The Hall–Kier alpha value is -2.31. The van der Waals surface area contributed by atoms with Gasteiger partial charge in [0.15, 0.2) is 5.13 Å². The number of hydrogen-bond acceptors (Lipinski definition) is 5. The number of benzene rings is 2. The van der Waals surface area contributed by atoms with Gasteiger partial charge in [0.2, 0.25) is 0 Å². The van der Waals surface area contributed by atoms with E-state index in [4.69, 9.17) is 16.6 Å². The van der Waals surface area contributed by atoms with E-state index in [0.29, 0.717) is 18.1 Å². The van der Waals surface area contributed by atoms with Crippen molar-refractivity contribution in [1.82, 2.24) is 9.88 Å². The van der Waals surface area contributed by atoms with E-state index in [2.05, 4.69) is 4.90 Å². The zero-order valence-electron chi connectivity index (χ0n) is 15.4. The Balaban J connectivity index is 1.43. The average molecular weight is 401 g/mol. The number of halogens is 1. The zero-order valence-corrected chi connectivity index (χ0v) is 16.9. The molecule has 1 aliphatic heterocycles. The summed E-state index contributed by atoms with van der Waals surface area (Å²) in [6.45, 7) is 2.94. The number of anilines is 2. The van der Waals surface area contributed by atoms with E-state index in [1.54, 1.807) is 11.3 Å². The summed E-state index contributed by atoms with van der Waals surface area (Å²) in [5.74, 6) is 0.0901. The van der Waals surface area contributed by atoms with Gasteiger partial charge in [-0.05, 0) is 36.4 Å². The van der Waals surface area contributed by atoms with Crippen LogP contribution in [0, 0.1) is 0 Å². The van der Waals surface area contributed by atoms with Crippen molar-refractivity contribution in [2.45, 2.75) is 0 Å². The van der Waals surface area contributed by atoms with Crippen molar-refractivity contribution in [3.8, 4) is 0 Å². The van der Waals surface area contributed by atoms with E-state index in [1.165, 1.54) is 0 Å². The van der Waals surface area contributed by atoms with E-state index in [1.807, 2.05) is 66.4 Å². The summed E-state index contributed by atoms with van der Waals surface area (Å²) in [6, 6.07) is 13.6. The second-order valence-electron chi connectivity index (χ2n) is 6.80. The van der Waals surface area contributed by atoms with Gasteiger partial charge in [-0.3, -0.25) is 4.79 Å². The number of fused-ring (bicyclic) bond motifs is 1. The number of hydrogen-bond donors (Lipinski definition) is 0. The van der Waals surface area contributed by atoms with E-state index in [0.717, 1.165) is 39.7 Å². The standard InChI is InChI=1S/C20H21ClN4OS/c1-23(2)15-8-6-14(7-9-15)19(26)24-10-12-25(13-11-24)20-22-18-16(21)4-3-5-17(18)27-20/h3-9H,10-13H2,1-2H3. The summed E-state index contributed by atoms with van der Waals surface area (Å²) in [7, 11) is 3.98. The number of para-hydroxylation sites is 1. The molecule has 2 aromatic carbocycles. The molecule has 1 aromatic heterocycles. The summed E-state index contributed by atoms with van der Waals surface area (Å²) in [6.07, 6.45) is 0. The van der Waals surface area contributed by atoms with E-state index in [9.17, 15) is 4.79 Å². The third-order valence-electron chi connectivity index (χ3n) is 4.83. The van der Waals surface area contributed by atoms with E-state index < -0.39 is 0 Å². The van der Waals surface area contributed by atoms with Crippen molar-refractivity contribution in [2.24, 2.45) is 0 Å². The molecule has 0 unspecified atom stereocenters. The van der Waals surface area contributed by atoms with Crippen LogP contribution in [0.25, 0.3) is 10.2 Å². The molecule has 1 saturated heterocycles. The maximum absolute atomic E-state index is 12.8. The van der Waals surface area contributed by atoms with Crippen LogP contribution >= 0.6 is 22.9 Å². The lowest BCUT2D eigenvalue weighted by Gasteiger charge is -2.34. The first kappa shape index (κ1) is 18.1. The van der Waals surface area contributed by atoms with Crippen molar-refractivity contribution in [3.63, 3.8) is 0 Å². The minimum Gasteiger partial charge on any atom is -0.378 e. The first-order chi connectivity index (χ1) is 13.0. The van der Waals surface area contributed by atoms with Crippen molar-refractivity contribution < 1.29 is 4.79 Å². The molecule has 0 aliphatic carbocycles. The molecular formula is C20H21ClN4OS. The van der Waals surface area contributed by atoms with Gasteiger partial charge in [-0.1, -0.05) is 29.0 Å². The highest BCUT2D eigenvalue weighted by atomic mass is 35.5. The van der Waals surface area contributed by atoms with Crippen molar-refractivity contribution in [1.29, 1.82) is 0 Å². The first-order valence-corrected chi connectivity index (χ1v) is 10.1. The molecule has 1 amide bonds. The van der Waals surface area contributed by atoms with Crippen LogP contribution in [0.15, 0.2) is 42.5 Å². The summed E-state index contributed by atoms with van der Waals surface area (Å²) >= 11 is 7.89. The summed E-state index contributed by atoms with van der Waals surface area (Å²) < 4.78 is 1.09. The van der Waals surface area contributed by atoms with Crippen LogP contribution in [0.4, 0.5) is 10.8 Å². The number of rotatable bonds is 3. The van der Waals surface area contributed by atoms with Crippen molar-refractivity contribution >= 4 is 49.9 Å². The van der Waals surface area contributed by atoms with Crippen LogP contribution < -0.4 is 9.80 Å². The number of aromatic nitrogens is 1. The van der Waals surface area contributed by atoms with Crippen LogP contribution in [0.2, 0.25) is 5.02 Å². The molecular weight excluding hydrogens is 380 g/mol. The highest BCUT2D eigenvalue weighted by Crippen LogP contribution is 2.33. The molecule has 27 heavy (non-hydrogen) atoms. The monoisotopic (exact) mass is 400 g/mol. The Morgan fingerprint density at radius 2 is 1.78 bits per heavy atom. The quantitative estimate of drug-likeness (QED) is 0.666. The predicted octanol–water partition coefficient (Wildman–Crippen LogP) is 3.98. The SMILES string of the molecule is CN(C)c1ccc(C(=O)N2CCN(c3nc4c(Cl)cccc4s3)CC2)cc1. The molecule has 5 nitrogen and oxygen atoms in total. The molecule has 1 aliphatic rings. The highest BCUT2D eigenvalue weighted by Gasteiger charge is 2.24. The van der Waals surface area contributed by atoms with Gasteiger partial charge in [0.1, 0.15) is 5.52 Å². The second kappa shape index (κ2) is 7.37. The van der Waals surface area contributed by atoms with Gasteiger partial charge >= 0.3 is 0 Å². The molecule has 0 radical (unpaired) electrons. The summed E-state index contributed by atoms with van der Waals surface area (Å²) in [4.78, 5) is 23.6. The largest absolute Gasteiger partial charge is 0.378 e. The van der Waals surface area contributed by atoms with Crippen LogP contribution in [-0.2, 0) is 0 Å². The fraction of sp³-hybridized carbons (Fsp3) is 0.300. The fourth-order valence-corrected chi connectivity index (χ4v) is 4.54. The predicted molar refractivity (Wildman–Crippen MR) is 114 cm³/mol. The van der Waals surface area contributed by atoms with Gasteiger partial charge in [-0.15, -0.1) is 0 Å². The smallest absolute Gasteiger partial charge is 0.253 e. The second-order valence-corrected chi connectivity index (χ2v) is 8.22. The summed E-state index contributed by atoms with van der Waals surface area (Å²) in [5.41, 5.74) is 2.69. The van der Waals surface area contributed by atoms with E-state index in [-0.39, 0.29) is 5.91 Å². The average Bonchev–Trinajstić information content (AvgIpc) is 3.13. The van der Waals surface area contributed by atoms with Crippen LogP contribution in [0.5, 0.6) is 0 Å². The van der Waals surface area contributed by atoms with Crippen LogP contribution in [0.1, 0.15) is 10.4 Å². The normalized spacial score (nSPS) is 14.6. The van der Waals surface area contributed by atoms with Crippen LogP contribution in [-0.4, -0.2) is 56.1 Å². The molecule has 0 bridgehead atoms. The van der Waals surface area contributed by atoms with Gasteiger partial charge in [0.25, 0.3) is 5.91 Å². The third kappa shape index (κ3) is 3.59. The molecule has 3 aromatic rings. The molecule has 2 heterocycles. The molecule has 7 heteroatoms. The van der Waals surface area contributed by atoms with Gasteiger partial charge in [-0.25, -0.2) is 4.98 Å². The number of carbonyl (C=O) groups excluding carboxylic acids is 1. The minimum absolute atomic E-state index is 0.0901. The molecule has 0 saturated carbocycles. The maximum atomic E-state index is 12.8. The molecule has 1 fully saturated rings. The Morgan fingerprint density at radius 1 is 1.07 bits per heavy atom. The van der Waals surface area contributed by atoms with Crippen molar-refractivity contribution in [3.05, 3.63) is 53.1 Å². The lowest BCUT2D eigenvalue weighted by molar-refractivity contribution is 0.0747. The molecule has 0 N–H and O–H groups in total. The van der Waals surface area contributed by atoms with Gasteiger partial charge in [0, 0.05) is 51.5 Å². The number of piperazine rings is 1. The molecule has 0 spiro atoms. The number of carbonyl (C=O) groups is 1. The molecule has 0 atom stereocenters. The number of nitrogens with zero attached hydrogens (tertiary/aromatic N) is 4. The maximum Gasteiger partial charge on any atom is 0.253 e. The highest BCUT2D eigenvalue weighted by molar-refractivity contribution is 7.22. The fourth-order valence-electron chi connectivity index (χ4n) is 3.22. The van der Waals surface area contributed by atoms with Gasteiger partial charge in [-0.2, -0.15) is 0 Å². The Morgan fingerprint density at radius 3 is 2.41 bits per heavy atom. The number of thiazole rings is 1. The Labute approximate surface area is 167 Å². The Kier molecular flexibility index (Phi) is 4.93. The Bertz CT molecular complexity index is 962.